The lowest BCUT2D eigenvalue weighted by Crippen LogP contribution is -2.55. The van der Waals surface area contributed by atoms with E-state index in [4.69, 9.17) is 10.5 Å². The molecule has 16 heavy (non-hydrogen) atoms. The highest BCUT2D eigenvalue weighted by Crippen LogP contribution is 2.28. The van der Waals surface area contributed by atoms with E-state index in [1.54, 1.807) is 0 Å². The van der Waals surface area contributed by atoms with Gasteiger partial charge in [0.05, 0.1) is 18.3 Å². The third-order valence-corrected chi connectivity index (χ3v) is 3.02. The van der Waals surface area contributed by atoms with Crippen molar-refractivity contribution in [3.05, 3.63) is 12.8 Å². The van der Waals surface area contributed by atoms with Crippen LogP contribution in [0.5, 0.6) is 0 Å². The molecule has 0 aromatic heterocycles. The summed E-state index contributed by atoms with van der Waals surface area (Å²) in [6.45, 7) is 12.0. The standard InChI is InChI=1S/C12H24N2O2/c1-6-16-9-7-8-14-10(15)11(2,3)12(4,5)13/h6H,1,7-9,13H2,2-5H3,(H,14,15). The Bertz CT molecular complexity index is 242. The molecule has 0 spiro atoms. The first-order chi connectivity index (χ1) is 7.23. The van der Waals surface area contributed by atoms with Crippen molar-refractivity contribution in [3.63, 3.8) is 0 Å². The highest BCUT2D eigenvalue weighted by atomic mass is 16.5. The van der Waals surface area contributed by atoms with Crippen LogP contribution in [0.15, 0.2) is 12.8 Å². The molecule has 0 fully saturated rings. The lowest BCUT2D eigenvalue weighted by Gasteiger charge is -2.36. The summed E-state index contributed by atoms with van der Waals surface area (Å²) in [4.78, 5) is 11.9. The smallest absolute Gasteiger partial charge is 0.227 e. The third-order valence-electron chi connectivity index (χ3n) is 3.02. The third kappa shape index (κ3) is 4.23. The Morgan fingerprint density at radius 1 is 1.44 bits per heavy atom. The number of hydrogen-bond acceptors (Lipinski definition) is 3. The van der Waals surface area contributed by atoms with E-state index >= 15 is 0 Å². The largest absolute Gasteiger partial charge is 0.502 e. The van der Waals surface area contributed by atoms with Gasteiger partial charge < -0.3 is 15.8 Å². The van der Waals surface area contributed by atoms with Crippen LogP contribution < -0.4 is 11.1 Å². The predicted octanol–water partition coefficient (Wildman–Crippen LogP) is 1.42. The highest BCUT2D eigenvalue weighted by Gasteiger charge is 2.39. The average molecular weight is 228 g/mol. The number of carbonyl (C=O) groups excluding carboxylic acids is 1. The van der Waals surface area contributed by atoms with E-state index in [0.29, 0.717) is 13.2 Å². The van der Waals surface area contributed by atoms with E-state index in [1.807, 2.05) is 27.7 Å². The zero-order chi connectivity index (χ0) is 12.8. The van der Waals surface area contributed by atoms with Crippen molar-refractivity contribution in [2.24, 2.45) is 11.1 Å². The van der Waals surface area contributed by atoms with E-state index in [2.05, 4.69) is 11.9 Å². The fourth-order valence-electron chi connectivity index (χ4n) is 0.954. The summed E-state index contributed by atoms with van der Waals surface area (Å²) in [7, 11) is 0. The molecule has 0 rings (SSSR count). The molecule has 94 valence electrons. The van der Waals surface area contributed by atoms with E-state index in [0.717, 1.165) is 6.42 Å². The van der Waals surface area contributed by atoms with Crippen molar-refractivity contribution in [2.45, 2.75) is 39.7 Å². The summed E-state index contributed by atoms with van der Waals surface area (Å²) in [5.41, 5.74) is 4.83. The Morgan fingerprint density at radius 3 is 2.44 bits per heavy atom. The van der Waals surface area contributed by atoms with Crippen LogP contribution in [0.3, 0.4) is 0 Å². The van der Waals surface area contributed by atoms with Crippen molar-refractivity contribution < 1.29 is 9.53 Å². The molecule has 0 saturated heterocycles. The summed E-state index contributed by atoms with van der Waals surface area (Å²) in [5, 5.41) is 2.86. The molecule has 4 heteroatoms. The van der Waals surface area contributed by atoms with Gasteiger partial charge in [-0.2, -0.15) is 0 Å². The van der Waals surface area contributed by atoms with Gasteiger partial charge in [-0.1, -0.05) is 6.58 Å². The number of nitrogens with two attached hydrogens (primary N) is 1. The molecule has 3 N–H and O–H groups in total. The van der Waals surface area contributed by atoms with Crippen molar-refractivity contribution in [1.82, 2.24) is 5.32 Å². The first-order valence-electron chi connectivity index (χ1n) is 5.53. The second kappa shape index (κ2) is 5.89. The van der Waals surface area contributed by atoms with Crippen LogP contribution in [-0.2, 0) is 9.53 Å². The Hall–Kier alpha value is -1.03. The molecule has 4 nitrogen and oxygen atoms in total. The summed E-state index contributed by atoms with van der Waals surface area (Å²) in [6.07, 6.45) is 2.16. The molecule has 0 unspecified atom stereocenters. The monoisotopic (exact) mass is 228 g/mol. The molecule has 0 aliphatic carbocycles. The van der Waals surface area contributed by atoms with E-state index < -0.39 is 11.0 Å². The summed E-state index contributed by atoms with van der Waals surface area (Å²) in [5.74, 6) is -0.0291. The molecule has 0 aromatic carbocycles. The van der Waals surface area contributed by atoms with Gasteiger partial charge in [0.25, 0.3) is 0 Å². The second-order valence-corrected chi connectivity index (χ2v) is 4.99. The number of hydrogen-bond donors (Lipinski definition) is 2. The number of ether oxygens (including phenoxy) is 1. The molecule has 0 radical (unpaired) electrons. The van der Waals surface area contributed by atoms with Gasteiger partial charge >= 0.3 is 0 Å². The maximum atomic E-state index is 11.9. The highest BCUT2D eigenvalue weighted by molar-refractivity contribution is 5.83. The summed E-state index contributed by atoms with van der Waals surface area (Å²) in [6, 6.07) is 0. The molecule has 0 saturated carbocycles. The van der Waals surface area contributed by atoms with Gasteiger partial charge in [-0.3, -0.25) is 4.79 Å². The van der Waals surface area contributed by atoms with E-state index in [-0.39, 0.29) is 5.91 Å². The summed E-state index contributed by atoms with van der Waals surface area (Å²) >= 11 is 0. The van der Waals surface area contributed by atoms with Crippen molar-refractivity contribution in [3.8, 4) is 0 Å². The molecule has 1 amide bonds. The SMILES string of the molecule is C=COCCCNC(=O)C(C)(C)C(C)(C)N. The Labute approximate surface area is 98.2 Å². The average Bonchev–Trinajstić information content (AvgIpc) is 2.15. The second-order valence-electron chi connectivity index (χ2n) is 4.99. The predicted molar refractivity (Wildman–Crippen MR) is 65.8 cm³/mol. The lowest BCUT2D eigenvalue weighted by molar-refractivity contribution is -0.132. The van der Waals surface area contributed by atoms with Gasteiger partial charge in [0, 0.05) is 12.1 Å². The Kier molecular flexibility index (Phi) is 5.51. The number of amides is 1. The first kappa shape index (κ1) is 15.0. The van der Waals surface area contributed by atoms with Gasteiger partial charge in [-0.15, -0.1) is 0 Å². The van der Waals surface area contributed by atoms with Gasteiger partial charge in [-0.25, -0.2) is 0 Å². The minimum atomic E-state index is -0.591. The van der Waals surface area contributed by atoms with Crippen molar-refractivity contribution >= 4 is 5.91 Å². The number of rotatable bonds is 7. The fourth-order valence-corrected chi connectivity index (χ4v) is 0.954. The molecule has 0 heterocycles. The fraction of sp³-hybridized carbons (Fsp3) is 0.750. The molecule has 0 aliphatic heterocycles. The van der Waals surface area contributed by atoms with Crippen LogP contribution >= 0.6 is 0 Å². The topological polar surface area (TPSA) is 64.3 Å². The minimum Gasteiger partial charge on any atom is -0.502 e. The van der Waals surface area contributed by atoms with E-state index in [1.165, 1.54) is 6.26 Å². The van der Waals surface area contributed by atoms with Crippen molar-refractivity contribution in [1.29, 1.82) is 0 Å². The number of nitrogens with one attached hydrogen (secondary N) is 1. The zero-order valence-corrected chi connectivity index (χ0v) is 10.8. The molecular formula is C12H24N2O2. The normalized spacial score (nSPS) is 12.1. The van der Waals surface area contributed by atoms with Crippen LogP contribution in [0.2, 0.25) is 0 Å². The molecule has 0 aliphatic rings. The van der Waals surface area contributed by atoms with Crippen LogP contribution in [0.1, 0.15) is 34.1 Å². The number of carbonyl (C=O) groups is 1. The van der Waals surface area contributed by atoms with E-state index in [9.17, 15) is 4.79 Å². The maximum Gasteiger partial charge on any atom is 0.227 e. The van der Waals surface area contributed by atoms with Crippen LogP contribution in [0, 0.1) is 5.41 Å². The molecular weight excluding hydrogens is 204 g/mol. The van der Waals surface area contributed by atoms with Gasteiger partial charge in [0.1, 0.15) is 0 Å². The van der Waals surface area contributed by atoms with Gasteiger partial charge in [0.15, 0.2) is 0 Å². The van der Waals surface area contributed by atoms with Crippen LogP contribution in [-0.4, -0.2) is 24.6 Å². The molecule has 0 atom stereocenters. The van der Waals surface area contributed by atoms with Crippen LogP contribution in [0.4, 0.5) is 0 Å². The molecule has 0 aromatic rings. The zero-order valence-electron chi connectivity index (χ0n) is 10.8. The Morgan fingerprint density at radius 2 is 2.00 bits per heavy atom. The first-order valence-corrected chi connectivity index (χ1v) is 5.53. The molecule has 0 bridgehead atoms. The van der Waals surface area contributed by atoms with Gasteiger partial charge in [-0.05, 0) is 34.1 Å². The summed E-state index contributed by atoms with van der Waals surface area (Å²) < 4.78 is 4.96. The van der Waals surface area contributed by atoms with Crippen LogP contribution in [0.25, 0.3) is 0 Å². The maximum absolute atomic E-state index is 11.9. The van der Waals surface area contributed by atoms with Gasteiger partial charge in [0.2, 0.25) is 5.91 Å². The lowest BCUT2D eigenvalue weighted by atomic mass is 9.74. The van der Waals surface area contributed by atoms with Crippen molar-refractivity contribution in [2.75, 3.05) is 13.2 Å². The Balaban J connectivity index is 4.02. The quantitative estimate of drug-likeness (QED) is 0.511. The minimum absolute atomic E-state index is 0.0291.